The normalized spacial score (nSPS) is 23.4. The molecule has 3 atom stereocenters. The third-order valence-electron chi connectivity index (χ3n) is 7.41. The van der Waals surface area contributed by atoms with Crippen molar-refractivity contribution >= 4 is 11.9 Å². The van der Waals surface area contributed by atoms with E-state index in [9.17, 15) is 32.3 Å². The number of ether oxygens (including phenoxy) is 2. The number of carbonyl (C=O) groups excluding carboxylic acids is 2. The van der Waals surface area contributed by atoms with E-state index in [-0.39, 0.29) is 31.7 Å². The predicted octanol–water partition coefficient (Wildman–Crippen LogP) is 6.09. The largest absolute Gasteiger partial charge is 0.489 e. The zero-order valence-corrected chi connectivity index (χ0v) is 23.4. The fraction of sp³-hybridized carbons (Fsp3) is 0.344. The minimum absolute atomic E-state index is 0.0362. The maximum Gasteiger partial charge on any atom is 0.429 e. The van der Waals surface area contributed by atoms with Crippen molar-refractivity contribution in [3.63, 3.8) is 0 Å². The van der Waals surface area contributed by atoms with Crippen molar-refractivity contribution in [2.24, 2.45) is 0 Å². The number of alkyl halides is 3. The summed E-state index contributed by atoms with van der Waals surface area (Å²) in [7, 11) is 1.29. The van der Waals surface area contributed by atoms with Crippen LogP contribution in [0.4, 0.5) is 17.6 Å². The molecule has 2 aromatic rings. The van der Waals surface area contributed by atoms with E-state index in [1.807, 2.05) is 23.9 Å². The molecule has 1 aliphatic carbocycles. The van der Waals surface area contributed by atoms with Gasteiger partial charge in [0.25, 0.3) is 5.60 Å². The molecule has 0 aromatic heterocycles. The molecule has 1 N–H and O–H groups in total. The third-order valence-corrected chi connectivity index (χ3v) is 7.41. The number of carbonyl (C=O) groups is 2. The SMILES string of the molecule is CC=C1/C(=C\C2=C=C(F)C2(O)C(F)(F)F)CC[C@H](Oc2cccc(CC(=O)OC)c2)CN1C(=O)[C@@H](C)c1ccccc1. The Kier molecular flexibility index (Phi) is 9.09. The first-order chi connectivity index (χ1) is 19.9. The van der Waals surface area contributed by atoms with Gasteiger partial charge >= 0.3 is 12.1 Å². The minimum Gasteiger partial charge on any atom is -0.489 e. The van der Waals surface area contributed by atoms with Gasteiger partial charge in [-0.05, 0) is 61.6 Å². The van der Waals surface area contributed by atoms with E-state index in [0.29, 0.717) is 22.6 Å². The van der Waals surface area contributed by atoms with Crippen LogP contribution in [-0.2, 0) is 20.7 Å². The Morgan fingerprint density at radius 3 is 2.52 bits per heavy atom. The molecule has 1 saturated heterocycles. The average Bonchev–Trinajstić information content (AvgIpc) is 3.14. The fourth-order valence-electron chi connectivity index (χ4n) is 5.03. The molecule has 1 unspecified atom stereocenters. The van der Waals surface area contributed by atoms with Gasteiger partial charge in [0.05, 0.1) is 26.0 Å². The van der Waals surface area contributed by atoms with E-state index in [1.54, 1.807) is 56.3 Å². The number of rotatable bonds is 7. The lowest BCUT2D eigenvalue weighted by atomic mass is 9.82. The number of nitrogens with zero attached hydrogens (tertiary/aromatic N) is 1. The summed E-state index contributed by atoms with van der Waals surface area (Å²) >= 11 is 0. The number of hydrogen-bond acceptors (Lipinski definition) is 5. The van der Waals surface area contributed by atoms with Gasteiger partial charge in [0.1, 0.15) is 11.9 Å². The molecule has 42 heavy (non-hydrogen) atoms. The molecule has 0 bridgehead atoms. The van der Waals surface area contributed by atoms with Crippen molar-refractivity contribution in [2.75, 3.05) is 13.7 Å². The Labute approximate surface area is 241 Å². The van der Waals surface area contributed by atoms with Crippen LogP contribution in [0.1, 0.15) is 43.7 Å². The quantitative estimate of drug-likeness (QED) is 0.242. The highest BCUT2D eigenvalue weighted by atomic mass is 19.4. The summed E-state index contributed by atoms with van der Waals surface area (Å²) < 4.78 is 65.7. The van der Waals surface area contributed by atoms with E-state index in [4.69, 9.17) is 9.47 Å². The standard InChI is InChI=1S/C32H31F4NO5/c1-4-27-23(17-24-18-28(33)31(24,40)32(34,35)36)13-14-26(42-25-12-8-9-21(15-25)16-29(38)41-3)19-37(27)30(39)20(2)22-10-6-5-7-11-22/h4-12,15,17,20,26,40H,13-14,16,19H2,1-3H3/b23-17-,27-4?/t20-,26-,31?/m0/s1. The molecule has 1 fully saturated rings. The fourth-order valence-corrected chi connectivity index (χ4v) is 5.03. The second-order valence-corrected chi connectivity index (χ2v) is 10.2. The monoisotopic (exact) mass is 585 g/mol. The van der Waals surface area contributed by atoms with Gasteiger partial charge in [-0.3, -0.25) is 9.59 Å². The summed E-state index contributed by atoms with van der Waals surface area (Å²) in [6, 6.07) is 15.9. The number of halogens is 4. The van der Waals surface area contributed by atoms with Crippen molar-refractivity contribution in [1.82, 2.24) is 4.90 Å². The summed E-state index contributed by atoms with van der Waals surface area (Å²) in [5.41, 5.74) is -0.537. The highest BCUT2D eigenvalue weighted by molar-refractivity contribution is 5.85. The van der Waals surface area contributed by atoms with Gasteiger partial charge in [0.15, 0.2) is 5.83 Å². The lowest BCUT2D eigenvalue weighted by Gasteiger charge is -2.34. The van der Waals surface area contributed by atoms with Gasteiger partial charge in [-0.25, -0.2) is 0 Å². The molecule has 222 valence electrons. The lowest BCUT2D eigenvalue weighted by molar-refractivity contribution is -0.237. The van der Waals surface area contributed by atoms with Crippen LogP contribution in [0.5, 0.6) is 5.75 Å². The van der Waals surface area contributed by atoms with Gasteiger partial charge in [-0.1, -0.05) is 54.3 Å². The molecule has 2 aliphatic rings. The van der Waals surface area contributed by atoms with Gasteiger partial charge in [-0.15, -0.1) is 0 Å². The van der Waals surface area contributed by atoms with E-state index in [2.05, 4.69) is 0 Å². The summed E-state index contributed by atoms with van der Waals surface area (Å²) in [6.07, 6.45) is -2.72. The molecule has 1 heterocycles. The first-order valence-corrected chi connectivity index (χ1v) is 13.4. The van der Waals surface area contributed by atoms with Gasteiger partial charge in [0.2, 0.25) is 5.91 Å². The maximum absolute atomic E-state index is 13.9. The van der Waals surface area contributed by atoms with Crippen LogP contribution >= 0.6 is 0 Å². The van der Waals surface area contributed by atoms with Crippen LogP contribution in [0, 0.1) is 0 Å². The van der Waals surface area contributed by atoms with Crippen LogP contribution in [0.3, 0.4) is 0 Å². The molecule has 0 saturated carbocycles. The number of esters is 1. The molecule has 2 aromatic carbocycles. The topological polar surface area (TPSA) is 76.1 Å². The number of methoxy groups -OCH3 is 1. The Balaban J connectivity index is 1.70. The molecule has 6 nitrogen and oxygen atoms in total. The van der Waals surface area contributed by atoms with Crippen LogP contribution in [0.15, 0.2) is 95.2 Å². The summed E-state index contributed by atoms with van der Waals surface area (Å²) in [5, 5.41) is 10.2. The van der Waals surface area contributed by atoms with Gasteiger partial charge in [0, 0.05) is 11.3 Å². The lowest BCUT2D eigenvalue weighted by Crippen LogP contribution is -2.50. The first kappa shape index (κ1) is 30.8. The van der Waals surface area contributed by atoms with Crippen molar-refractivity contribution in [3.05, 3.63) is 106 Å². The Morgan fingerprint density at radius 2 is 1.90 bits per heavy atom. The van der Waals surface area contributed by atoms with Crippen molar-refractivity contribution in [3.8, 4) is 5.75 Å². The van der Waals surface area contributed by atoms with Crippen LogP contribution < -0.4 is 4.74 Å². The zero-order chi connectivity index (χ0) is 30.7. The smallest absolute Gasteiger partial charge is 0.429 e. The van der Waals surface area contributed by atoms with Crippen LogP contribution in [0.25, 0.3) is 0 Å². The molecule has 1 amide bonds. The van der Waals surface area contributed by atoms with E-state index in [0.717, 1.165) is 11.6 Å². The highest BCUT2D eigenvalue weighted by Crippen LogP contribution is 2.48. The molecule has 10 heteroatoms. The van der Waals surface area contributed by atoms with E-state index >= 15 is 0 Å². The predicted molar refractivity (Wildman–Crippen MR) is 147 cm³/mol. The number of likely N-dealkylation sites (tertiary alicyclic amines) is 1. The molecular formula is C32H31F4NO5. The summed E-state index contributed by atoms with van der Waals surface area (Å²) in [6.45, 7) is 3.46. The second-order valence-electron chi connectivity index (χ2n) is 10.2. The number of allylic oxidation sites excluding steroid dienone is 2. The van der Waals surface area contributed by atoms with Gasteiger partial charge < -0.3 is 19.5 Å². The maximum atomic E-state index is 13.9. The molecule has 0 radical (unpaired) electrons. The van der Waals surface area contributed by atoms with Crippen LogP contribution in [0.2, 0.25) is 0 Å². The third kappa shape index (κ3) is 6.20. The van der Waals surface area contributed by atoms with Gasteiger partial charge in [-0.2, -0.15) is 17.6 Å². The van der Waals surface area contributed by atoms with Crippen molar-refractivity contribution < 1.29 is 41.7 Å². The Hall–Kier alpha value is -4.14. The number of aliphatic hydroxyl groups is 1. The minimum atomic E-state index is -5.28. The summed E-state index contributed by atoms with van der Waals surface area (Å²) in [5.74, 6) is -2.70. The summed E-state index contributed by atoms with van der Waals surface area (Å²) in [4.78, 5) is 27.1. The zero-order valence-electron chi connectivity index (χ0n) is 23.4. The van der Waals surface area contributed by atoms with Crippen molar-refractivity contribution in [1.29, 1.82) is 0 Å². The molecule has 4 rings (SSSR count). The van der Waals surface area contributed by atoms with Crippen molar-refractivity contribution in [2.45, 2.75) is 56.9 Å². The first-order valence-electron chi connectivity index (χ1n) is 13.4. The number of benzene rings is 2. The van der Waals surface area contributed by atoms with Crippen LogP contribution in [-0.4, -0.2) is 53.4 Å². The average molecular weight is 586 g/mol. The Bertz CT molecular complexity index is 1470. The molecule has 0 spiro atoms. The number of hydrogen-bond donors (Lipinski definition) is 1. The molecule has 1 aliphatic heterocycles. The van der Waals surface area contributed by atoms with E-state index < -0.39 is 41.2 Å². The molecular weight excluding hydrogens is 554 g/mol. The van der Waals surface area contributed by atoms with E-state index in [1.165, 1.54) is 12.0 Å². The highest BCUT2D eigenvalue weighted by Gasteiger charge is 2.63. The number of amides is 1. The second kappa shape index (κ2) is 12.4. The Morgan fingerprint density at radius 1 is 1.19 bits per heavy atom.